The van der Waals surface area contributed by atoms with Crippen LogP contribution in [0, 0.1) is 5.92 Å². The number of carbonyl (C=O) groups is 2. The van der Waals surface area contributed by atoms with Crippen LogP contribution in [0.3, 0.4) is 0 Å². The van der Waals surface area contributed by atoms with Crippen molar-refractivity contribution in [3.8, 4) is 0 Å². The lowest BCUT2D eigenvalue weighted by atomic mass is 10.1. The van der Waals surface area contributed by atoms with Gasteiger partial charge in [0.15, 0.2) is 0 Å². The Morgan fingerprint density at radius 3 is 2.58 bits per heavy atom. The minimum atomic E-state index is -0.272. The van der Waals surface area contributed by atoms with Crippen LogP contribution < -0.4 is 10.2 Å². The largest absolute Gasteiger partial charge is 0.356 e. The molecular formula is C21H23ClN2O2. The lowest BCUT2D eigenvalue weighted by molar-refractivity contribution is -0.126. The fourth-order valence-corrected chi connectivity index (χ4v) is 3.47. The summed E-state index contributed by atoms with van der Waals surface area (Å²) in [5.74, 6) is -0.295. The van der Waals surface area contributed by atoms with E-state index in [0.29, 0.717) is 13.1 Å². The van der Waals surface area contributed by atoms with Gasteiger partial charge in [-0.3, -0.25) is 9.59 Å². The van der Waals surface area contributed by atoms with Crippen molar-refractivity contribution in [3.63, 3.8) is 0 Å². The summed E-state index contributed by atoms with van der Waals surface area (Å²) in [5.41, 5.74) is 1.99. The van der Waals surface area contributed by atoms with Crippen LogP contribution in [-0.2, 0) is 16.0 Å². The van der Waals surface area contributed by atoms with E-state index >= 15 is 0 Å². The second-order valence-electron chi connectivity index (χ2n) is 6.58. The van der Waals surface area contributed by atoms with E-state index in [1.165, 1.54) is 0 Å². The SMILES string of the molecule is O=C(NCCCCc1ccccc1Cl)C1CC(=O)N(c2ccccc2)C1. The number of unbranched alkanes of at least 4 members (excludes halogenated alkanes) is 1. The molecule has 0 spiro atoms. The van der Waals surface area contributed by atoms with Gasteiger partial charge in [0, 0.05) is 30.2 Å². The molecule has 1 atom stereocenters. The summed E-state index contributed by atoms with van der Waals surface area (Å²) in [6.45, 7) is 1.08. The predicted octanol–water partition coefficient (Wildman–Crippen LogP) is 3.83. The number of nitrogens with one attached hydrogen (secondary N) is 1. The molecule has 1 aliphatic heterocycles. The second kappa shape index (κ2) is 8.86. The van der Waals surface area contributed by atoms with E-state index < -0.39 is 0 Å². The molecule has 1 saturated heterocycles. The lowest BCUT2D eigenvalue weighted by Crippen LogP contribution is -2.33. The third-order valence-corrected chi connectivity index (χ3v) is 5.06. The first-order valence-electron chi connectivity index (χ1n) is 9.01. The maximum absolute atomic E-state index is 12.3. The number of aryl methyl sites for hydroxylation is 1. The molecule has 0 aromatic heterocycles. The lowest BCUT2D eigenvalue weighted by Gasteiger charge is -2.16. The van der Waals surface area contributed by atoms with E-state index in [1.54, 1.807) is 4.90 Å². The van der Waals surface area contributed by atoms with Crippen LogP contribution in [0.2, 0.25) is 5.02 Å². The van der Waals surface area contributed by atoms with E-state index in [0.717, 1.165) is 35.5 Å². The third kappa shape index (κ3) is 4.64. The second-order valence-corrected chi connectivity index (χ2v) is 6.99. The maximum Gasteiger partial charge on any atom is 0.227 e. The fraction of sp³-hybridized carbons (Fsp3) is 0.333. The summed E-state index contributed by atoms with van der Waals surface area (Å²) in [6, 6.07) is 17.3. The molecule has 5 heteroatoms. The van der Waals surface area contributed by atoms with Gasteiger partial charge >= 0.3 is 0 Å². The molecule has 1 fully saturated rings. The summed E-state index contributed by atoms with van der Waals surface area (Å²) in [6.07, 6.45) is 3.03. The monoisotopic (exact) mass is 370 g/mol. The number of para-hydroxylation sites is 1. The summed E-state index contributed by atoms with van der Waals surface area (Å²) >= 11 is 6.15. The number of nitrogens with zero attached hydrogens (tertiary/aromatic N) is 1. The Bertz CT molecular complexity index is 764. The number of hydrogen-bond donors (Lipinski definition) is 1. The van der Waals surface area contributed by atoms with Crippen molar-refractivity contribution >= 4 is 29.1 Å². The van der Waals surface area contributed by atoms with Gasteiger partial charge in [0.2, 0.25) is 11.8 Å². The van der Waals surface area contributed by atoms with E-state index in [1.807, 2.05) is 54.6 Å². The van der Waals surface area contributed by atoms with Crippen molar-refractivity contribution in [3.05, 3.63) is 65.2 Å². The normalized spacial score (nSPS) is 16.7. The van der Waals surface area contributed by atoms with Crippen molar-refractivity contribution in [2.45, 2.75) is 25.7 Å². The van der Waals surface area contributed by atoms with Crippen LogP contribution in [0.1, 0.15) is 24.8 Å². The van der Waals surface area contributed by atoms with Gasteiger partial charge in [-0.25, -0.2) is 0 Å². The van der Waals surface area contributed by atoms with Gasteiger partial charge < -0.3 is 10.2 Å². The summed E-state index contributed by atoms with van der Waals surface area (Å²) in [4.78, 5) is 26.2. The van der Waals surface area contributed by atoms with Crippen LogP contribution in [0.4, 0.5) is 5.69 Å². The molecule has 1 heterocycles. The summed E-state index contributed by atoms with van der Waals surface area (Å²) in [5, 5.41) is 3.76. The quantitative estimate of drug-likeness (QED) is 0.753. The molecule has 2 aromatic carbocycles. The highest BCUT2D eigenvalue weighted by Crippen LogP contribution is 2.24. The van der Waals surface area contributed by atoms with E-state index in [-0.39, 0.29) is 24.2 Å². The Morgan fingerprint density at radius 2 is 1.81 bits per heavy atom. The fourth-order valence-electron chi connectivity index (χ4n) is 3.24. The van der Waals surface area contributed by atoms with Crippen LogP contribution in [0.5, 0.6) is 0 Å². The number of anilines is 1. The Balaban J connectivity index is 1.40. The van der Waals surface area contributed by atoms with Crippen molar-refractivity contribution in [1.82, 2.24) is 5.32 Å². The van der Waals surface area contributed by atoms with Gasteiger partial charge in [-0.05, 0) is 43.0 Å². The van der Waals surface area contributed by atoms with Crippen LogP contribution >= 0.6 is 11.6 Å². The maximum atomic E-state index is 12.3. The highest BCUT2D eigenvalue weighted by atomic mass is 35.5. The molecule has 2 aromatic rings. The molecular weight excluding hydrogens is 348 g/mol. The molecule has 4 nitrogen and oxygen atoms in total. The van der Waals surface area contributed by atoms with Crippen molar-refractivity contribution in [1.29, 1.82) is 0 Å². The first-order valence-corrected chi connectivity index (χ1v) is 9.39. The van der Waals surface area contributed by atoms with Gasteiger partial charge in [0.25, 0.3) is 0 Å². The average molecular weight is 371 g/mol. The zero-order chi connectivity index (χ0) is 18.4. The van der Waals surface area contributed by atoms with Gasteiger partial charge in [0.05, 0.1) is 5.92 Å². The van der Waals surface area contributed by atoms with Crippen molar-refractivity contribution < 1.29 is 9.59 Å². The molecule has 0 saturated carbocycles. The number of amides is 2. The topological polar surface area (TPSA) is 49.4 Å². The minimum Gasteiger partial charge on any atom is -0.356 e. The number of benzene rings is 2. The molecule has 0 radical (unpaired) electrons. The predicted molar refractivity (Wildman–Crippen MR) is 104 cm³/mol. The zero-order valence-electron chi connectivity index (χ0n) is 14.7. The minimum absolute atomic E-state index is 0.00932. The molecule has 26 heavy (non-hydrogen) atoms. The highest BCUT2D eigenvalue weighted by molar-refractivity contribution is 6.31. The number of hydrogen-bond acceptors (Lipinski definition) is 2. The van der Waals surface area contributed by atoms with Gasteiger partial charge in [-0.1, -0.05) is 48.0 Å². The molecule has 0 aliphatic carbocycles. The molecule has 3 rings (SSSR count). The van der Waals surface area contributed by atoms with E-state index in [2.05, 4.69) is 5.32 Å². The molecule has 1 aliphatic rings. The standard InChI is InChI=1S/C21H23ClN2O2/c22-19-12-5-4-8-16(19)9-6-7-13-23-21(26)17-14-20(25)24(15-17)18-10-2-1-3-11-18/h1-5,8,10-12,17H,6-7,9,13-15H2,(H,23,26). The number of halogens is 1. The number of carbonyl (C=O) groups excluding carboxylic acids is 2. The van der Waals surface area contributed by atoms with Crippen molar-refractivity contribution in [2.24, 2.45) is 5.92 Å². The van der Waals surface area contributed by atoms with E-state index in [4.69, 9.17) is 11.6 Å². The van der Waals surface area contributed by atoms with Gasteiger partial charge in [-0.15, -0.1) is 0 Å². The first-order chi connectivity index (χ1) is 12.6. The van der Waals surface area contributed by atoms with E-state index in [9.17, 15) is 9.59 Å². The van der Waals surface area contributed by atoms with Crippen LogP contribution in [-0.4, -0.2) is 24.9 Å². The Labute approximate surface area is 159 Å². The number of rotatable bonds is 7. The summed E-state index contributed by atoms with van der Waals surface area (Å²) < 4.78 is 0. The average Bonchev–Trinajstić information content (AvgIpc) is 3.05. The third-order valence-electron chi connectivity index (χ3n) is 4.69. The molecule has 1 unspecified atom stereocenters. The van der Waals surface area contributed by atoms with Gasteiger partial charge in [-0.2, -0.15) is 0 Å². The first kappa shape index (κ1) is 18.5. The highest BCUT2D eigenvalue weighted by Gasteiger charge is 2.34. The summed E-state index contributed by atoms with van der Waals surface area (Å²) in [7, 11) is 0. The molecule has 2 amide bonds. The van der Waals surface area contributed by atoms with Crippen LogP contribution in [0.25, 0.3) is 0 Å². The van der Waals surface area contributed by atoms with Crippen molar-refractivity contribution in [2.75, 3.05) is 18.0 Å². The van der Waals surface area contributed by atoms with Gasteiger partial charge in [0.1, 0.15) is 0 Å². The Morgan fingerprint density at radius 1 is 1.08 bits per heavy atom. The Kier molecular flexibility index (Phi) is 6.29. The smallest absolute Gasteiger partial charge is 0.227 e. The molecule has 136 valence electrons. The van der Waals surface area contributed by atoms with Crippen LogP contribution in [0.15, 0.2) is 54.6 Å². The molecule has 1 N–H and O–H groups in total. The molecule has 0 bridgehead atoms. The Hall–Kier alpha value is -2.33. The zero-order valence-corrected chi connectivity index (χ0v) is 15.4.